The summed E-state index contributed by atoms with van der Waals surface area (Å²) in [5.41, 5.74) is 8.63. The minimum Gasteiger partial charge on any atom is -0.461 e. The lowest BCUT2D eigenvalue weighted by atomic mass is 9.45. The van der Waals surface area contributed by atoms with Gasteiger partial charge in [0.15, 0.2) is 0 Å². The summed E-state index contributed by atoms with van der Waals surface area (Å²) in [5, 5.41) is 15.2. The number of ketones is 1. The SMILES string of the molecule is C[C@@H]1CC[C@@]23CCC(=O)[C@H]2[C@]1(C)[C@@H](OC(=O)CSc1ccncc1)C/C(=C/CCCN=[N+]=[N-])[C@@H](O)[C@@H]3C. The van der Waals surface area contributed by atoms with Gasteiger partial charge >= 0.3 is 5.97 Å². The van der Waals surface area contributed by atoms with E-state index in [9.17, 15) is 14.7 Å². The fraction of sp³-hybridized carbons (Fsp3) is 0.679. The molecule has 0 aliphatic heterocycles. The van der Waals surface area contributed by atoms with Gasteiger partial charge in [0.2, 0.25) is 0 Å². The number of aliphatic hydroxyl groups is 1. The van der Waals surface area contributed by atoms with Gasteiger partial charge < -0.3 is 9.84 Å². The number of hydrogen-bond donors (Lipinski definition) is 1. The molecule has 0 amide bonds. The summed E-state index contributed by atoms with van der Waals surface area (Å²) >= 11 is 1.41. The van der Waals surface area contributed by atoms with Gasteiger partial charge in [-0.05, 0) is 72.6 Å². The van der Waals surface area contributed by atoms with E-state index in [4.69, 9.17) is 10.3 Å². The Morgan fingerprint density at radius 1 is 1.35 bits per heavy atom. The smallest absolute Gasteiger partial charge is 0.316 e. The fourth-order valence-electron chi connectivity index (χ4n) is 7.33. The van der Waals surface area contributed by atoms with Crippen LogP contribution in [0.4, 0.5) is 0 Å². The number of carbonyl (C=O) groups is 2. The number of esters is 1. The van der Waals surface area contributed by atoms with Crippen LogP contribution in [-0.4, -0.2) is 46.3 Å². The first-order chi connectivity index (χ1) is 17.7. The number of nitrogens with zero attached hydrogens (tertiary/aromatic N) is 4. The third kappa shape index (κ3) is 5.31. The Labute approximate surface area is 223 Å². The molecule has 200 valence electrons. The van der Waals surface area contributed by atoms with Crippen molar-refractivity contribution in [2.24, 2.45) is 33.7 Å². The van der Waals surface area contributed by atoms with Gasteiger partial charge in [-0.2, -0.15) is 0 Å². The van der Waals surface area contributed by atoms with E-state index >= 15 is 0 Å². The van der Waals surface area contributed by atoms with Crippen molar-refractivity contribution in [1.82, 2.24) is 4.98 Å². The normalized spacial score (nSPS) is 36.3. The molecule has 1 heterocycles. The summed E-state index contributed by atoms with van der Waals surface area (Å²) in [4.78, 5) is 34.5. The van der Waals surface area contributed by atoms with Crippen molar-refractivity contribution in [2.75, 3.05) is 12.3 Å². The second kappa shape index (κ2) is 11.6. The molecule has 37 heavy (non-hydrogen) atoms. The molecule has 0 unspecified atom stereocenters. The van der Waals surface area contributed by atoms with Crippen LogP contribution in [0.25, 0.3) is 10.4 Å². The summed E-state index contributed by atoms with van der Waals surface area (Å²) in [6.07, 6.45) is 9.11. The van der Waals surface area contributed by atoms with Gasteiger partial charge in [-0.3, -0.25) is 14.6 Å². The molecule has 8 nitrogen and oxygen atoms in total. The first kappa shape index (κ1) is 27.7. The molecule has 1 N–H and O–H groups in total. The molecular formula is C28H38N4O4S. The van der Waals surface area contributed by atoms with Gasteiger partial charge in [0, 0.05) is 52.9 Å². The van der Waals surface area contributed by atoms with E-state index in [2.05, 4.69) is 35.8 Å². The van der Waals surface area contributed by atoms with Crippen LogP contribution in [0, 0.1) is 28.6 Å². The lowest BCUT2D eigenvalue weighted by Crippen LogP contribution is -2.60. The number of Topliss-reactive ketones (excluding diaryl/α,β-unsaturated/α-hetero) is 1. The zero-order valence-electron chi connectivity index (χ0n) is 22.0. The number of azide groups is 1. The molecule has 1 aromatic rings. The Morgan fingerprint density at radius 2 is 2.11 bits per heavy atom. The van der Waals surface area contributed by atoms with Gasteiger partial charge in [-0.25, -0.2) is 0 Å². The fourth-order valence-corrected chi connectivity index (χ4v) is 8.00. The van der Waals surface area contributed by atoms with E-state index in [1.807, 2.05) is 18.2 Å². The Morgan fingerprint density at radius 3 is 2.84 bits per heavy atom. The number of allylic oxidation sites excluding steroid dienone is 1. The van der Waals surface area contributed by atoms with Crippen molar-refractivity contribution in [3.05, 3.63) is 46.6 Å². The van der Waals surface area contributed by atoms with Crippen LogP contribution in [0.2, 0.25) is 0 Å². The number of thioether (sulfide) groups is 1. The molecule has 3 aliphatic rings. The molecule has 4 rings (SSSR count). The first-order valence-corrected chi connectivity index (χ1v) is 14.4. The van der Waals surface area contributed by atoms with Gasteiger partial charge in [0.25, 0.3) is 0 Å². The highest BCUT2D eigenvalue weighted by atomic mass is 32.2. The average Bonchev–Trinajstić information content (AvgIpc) is 3.25. The van der Waals surface area contributed by atoms with E-state index < -0.39 is 17.6 Å². The predicted molar refractivity (Wildman–Crippen MR) is 143 cm³/mol. The summed E-state index contributed by atoms with van der Waals surface area (Å²) in [7, 11) is 0. The lowest BCUT2D eigenvalue weighted by molar-refractivity contribution is -0.186. The monoisotopic (exact) mass is 526 g/mol. The minimum absolute atomic E-state index is 0.0712. The molecule has 3 fully saturated rings. The van der Waals surface area contributed by atoms with Crippen LogP contribution < -0.4 is 0 Å². The van der Waals surface area contributed by atoms with Crippen molar-refractivity contribution in [2.45, 2.75) is 82.8 Å². The molecule has 3 saturated carbocycles. The summed E-state index contributed by atoms with van der Waals surface area (Å²) in [5.74, 6) is 0.00389. The molecule has 1 aromatic heterocycles. The quantitative estimate of drug-likeness (QED) is 0.0854. The predicted octanol–water partition coefficient (Wildman–Crippen LogP) is 5.90. The summed E-state index contributed by atoms with van der Waals surface area (Å²) in [6, 6.07) is 3.72. The van der Waals surface area contributed by atoms with Crippen molar-refractivity contribution < 1.29 is 19.4 Å². The number of hydrogen-bond acceptors (Lipinski definition) is 7. The Balaban J connectivity index is 1.66. The van der Waals surface area contributed by atoms with Crippen LogP contribution in [0.15, 0.2) is 46.2 Å². The Bertz CT molecular complexity index is 1080. The molecule has 7 atom stereocenters. The summed E-state index contributed by atoms with van der Waals surface area (Å²) < 4.78 is 6.27. The highest BCUT2D eigenvalue weighted by Gasteiger charge is 2.66. The average molecular weight is 527 g/mol. The molecule has 0 radical (unpaired) electrons. The van der Waals surface area contributed by atoms with Crippen LogP contribution in [0.1, 0.15) is 65.7 Å². The van der Waals surface area contributed by atoms with E-state index in [0.717, 1.165) is 29.7 Å². The third-order valence-electron chi connectivity index (χ3n) is 9.55. The molecule has 0 spiro atoms. The molecule has 3 aliphatic carbocycles. The third-order valence-corrected chi connectivity index (χ3v) is 10.5. The number of unbranched alkanes of at least 4 members (excludes halogenated alkanes) is 1. The largest absolute Gasteiger partial charge is 0.461 e. The molecule has 0 saturated heterocycles. The molecule has 2 bridgehead atoms. The maximum Gasteiger partial charge on any atom is 0.316 e. The second-order valence-corrected chi connectivity index (χ2v) is 12.3. The van der Waals surface area contributed by atoms with Gasteiger partial charge in [0.05, 0.1) is 11.9 Å². The van der Waals surface area contributed by atoms with Crippen LogP contribution in [0.5, 0.6) is 0 Å². The minimum atomic E-state index is -0.710. The Hall–Kier alpha value is -2.35. The van der Waals surface area contributed by atoms with E-state index in [1.54, 1.807) is 12.4 Å². The van der Waals surface area contributed by atoms with Crippen LogP contribution >= 0.6 is 11.8 Å². The van der Waals surface area contributed by atoms with E-state index in [1.165, 1.54) is 11.8 Å². The van der Waals surface area contributed by atoms with Gasteiger partial charge in [0.1, 0.15) is 11.9 Å². The maximum atomic E-state index is 13.5. The number of ether oxygens (including phenoxy) is 1. The van der Waals surface area contributed by atoms with E-state index in [0.29, 0.717) is 32.2 Å². The van der Waals surface area contributed by atoms with Crippen molar-refractivity contribution in [3.63, 3.8) is 0 Å². The number of pyridine rings is 1. The zero-order chi connectivity index (χ0) is 26.6. The molecule has 9 heteroatoms. The van der Waals surface area contributed by atoms with Gasteiger partial charge in [-0.1, -0.05) is 32.0 Å². The standard InChI is InChI=1S/C28H38N4O4S/c1-18-7-11-28-12-8-22(33)26(28)27(18,3)23(36-24(34)17-37-21-9-14-30-15-10-21)16-20(25(35)19(28)2)6-4-5-13-31-32-29/h6,9-10,14-15,18-19,23,25-26,35H,4-5,7-8,11-13,16-17H2,1-3H3/b20-6-/t18-,19+,23+,25+,26+,27+,28+/m1/s1. The Kier molecular flexibility index (Phi) is 8.66. The van der Waals surface area contributed by atoms with Crippen molar-refractivity contribution in [1.29, 1.82) is 0 Å². The summed E-state index contributed by atoms with van der Waals surface area (Å²) in [6.45, 7) is 6.83. The van der Waals surface area contributed by atoms with Crippen LogP contribution in [-0.2, 0) is 14.3 Å². The molecular weight excluding hydrogens is 488 g/mol. The second-order valence-electron chi connectivity index (χ2n) is 11.2. The number of rotatable bonds is 8. The first-order valence-electron chi connectivity index (χ1n) is 13.4. The number of aromatic nitrogens is 1. The van der Waals surface area contributed by atoms with Crippen molar-refractivity contribution in [3.8, 4) is 0 Å². The van der Waals surface area contributed by atoms with Crippen molar-refractivity contribution >= 4 is 23.5 Å². The van der Waals surface area contributed by atoms with E-state index in [-0.39, 0.29) is 40.7 Å². The lowest BCUT2D eigenvalue weighted by Gasteiger charge is -2.59. The zero-order valence-corrected chi connectivity index (χ0v) is 22.8. The maximum absolute atomic E-state index is 13.5. The number of aliphatic hydroxyl groups excluding tert-OH is 1. The van der Waals surface area contributed by atoms with Gasteiger partial charge in [-0.15, -0.1) is 11.8 Å². The molecule has 0 aromatic carbocycles. The highest BCUT2D eigenvalue weighted by molar-refractivity contribution is 8.00. The topological polar surface area (TPSA) is 125 Å². The highest BCUT2D eigenvalue weighted by Crippen LogP contribution is 2.66. The number of carbonyl (C=O) groups excluding carboxylic acids is 2. The van der Waals surface area contributed by atoms with Crippen LogP contribution in [0.3, 0.4) is 0 Å².